The molecule has 1 aliphatic carbocycles. The summed E-state index contributed by atoms with van der Waals surface area (Å²) in [6.07, 6.45) is 9.85. The van der Waals surface area contributed by atoms with Crippen LogP contribution in [0.4, 0.5) is 0 Å². The molecule has 0 radical (unpaired) electrons. The van der Waals surface area contributed by atoms with E-state index in [4.69, 9.17) is 16.6 Å². The number of carbonyl (C=O) groups excluding carboxylic acids is 2. The summed E-state index contributed by atoms with van der Waals surface area (Å²) in [5.41, 5.74) is 4.99. The van der Waals surface area contributed by atoms with Crippen molar-refractivity contribution < 1.29 is 9.59 Å². The molecule has 4 aromatic rings. The first-order valence-electron chi connectivity index (χ1n) is 16.2. The highest BCUT2D eigenvalue weighted by Gasteiger charge is 2.44. The summed E-state index contributed by atoms with van der Waals surface area (Å²) in [6.45, 7) is 9.09. The Bertz CT molecular complexity index is 1650. The van der Waals surface area contributed by atoms with Crippen molar-refractivity contribution in [2.75, 3.05) is 26.2 Å². The summed E-state index contributed by atoms with van der Waals surface area (Å²) in [5, 5.41) is 0.705. The molecule has 46 heavy (non-hydrogen) atoms. The van der Waals surface area contributed by atoms with E-state index in [-0.39, 0.29) is 17.9 Å². The summed E-state index contributed by atoms with van der Waals surface area (Å²) in [7, 11) is 0. The van der Waals surface area contributed by atoms with Gasteiger partial charge in [-0.3, -0.25) is 19.5 Å². The van der Waals surface area contributed by atoms with Gasteiger partial charge in [0, 0.05) is 68.3 Å². The summed E-state index contributed by atoms with van der Waals surface area (Å²) < 4.78 is 2.04. The van der Waals surface area contributed by atoms with E-state index in [9.17, 15) is 4.79 Å². The van der Waals surface area contributed by atoms with E-state index in [2.05, 4.69) is 40.2 Å². The van der Waals surface area contributed by atoms with Gasteiger partial charge in [0.2, 0.25) is 11.8 Å². The number of rotatable bonds is 8. The SMILES string of the molecule is CC(C)(C)C(=O)N1CCN(C2c3ccc(Cl)cc3CCc3cccnc32)[C@@H](C(=O)N(CCCn2ccnc2)Cc2ccccc2)C1. The number of hydrogen-bond donors (Lipinski definition) is 0. The maximum absolute atomic E-state index is 15.0. The van der Waals surface area contributed by atoms with Crippen molar-refractivity contribution in [3.8, 4) is 0 Å². The van der Waals surface area contributed by atoms with Gasteiger partial charge in [-0.2, -0.15) is 0 Å². The van der Waals surface area contributed by atoms with E-state index >= 15 is 4.79 Å². The number of carbonyl (C=O) groups is 2. The van der Waals surface area contributed by atoms with Crippen LogP contribution in [0.2, 0.25) is 5.02 Å². The molecule has 1 aliphatic heterocycles. The zero-order valence-electron chi connectivity index (χ0n) is 27.0. The van der Waals surface area contributed by atoms with Crippen molar-refractivity contribution in [3.63, 3.8) is 0 Å². The van der Waals surface area contributed by atoms with Crippen LogP contribution >= 0.6 is 11.6 Å². The molecule has 2 atom stereocenters. The molecular formula is C37H43ClN6O2. The predicted octanol–water partition coefficient (Wildman–Crippen LogP) is 5.80. The van der Waals surface area contributed by atoms with E-state index in [0.717, 1.165) is 42.6 Å². The minimum atomic E-state index is -0.557. The average molecular weight is 639 g/mol. The van der Waals surface area contributed by atoms with Crippen LogP contribution in [0, 0.1) is 5.41 Å². The van der Waals surface area contributed by atoms with E-state index in [0.29, 0.717) is 37.7 Å². The number of nitrogens with zero attached hydrogens (tertiary/aromatic N) is 6. The van der Waals surface area contributed by atoms with Crippen molar-refractivity contribution >= 4 is 23.4 Å². The predicted molar refractivity (Wildman–Crippen MR) is 180 cm³/mol. The molecule has 2 aliphatic rings. The average Bonchev–Trinajstić information content (AvgIpc) is 3.52. The molecule has 2 aromatic heterocycles. The molecule has 0 spiro atoms. The van der Waals surface area contributed by atoms with Gasteiger partial charge in [-0.05, 0) is 59.7 Å². The monoisotopic (exact) mass is 638 g/mol. The van der Waals surface area contributed by atoms with Gasteiger partial charge in [0.1, 0.15) is 6.04 Å². The quantitative estimate of drug-likeness (QED) is 0.244. The van der Waals surface area contributed by atoms with E-state index in [1.807, 2.05) is 84.2 Å². The number of aryl methyl sites for hydroxylation is 3. The van der Waals surface area contributed by atoms with Crippen LogP contribution in [0.5, 0.6) is 0 Å². The number of hydrogen-bond acceptors (Lipinski definition) is 5. The topological polar surface area (TPSA) is 74.6 Å². The third-order valence-corrected chi connectivity index (χ3v) is 9.38. The lowest BCUT2D eigenvalue weighted by Gasteiger charge is -2.47. The van der Waals surface area contributed by atoms with E-state index in [1.54, 1.807) is 6.20 Å². The molecule has 0 saturated carbocycles. The van der Waals surface area contributed by atoms with Gasteiger partial charge in [0.15, 0.2) is 0 Å². The normalized spacial score (nSPS) is 18.4. The van der Waals surface area contributed by atoms with Crippen LogP contribution in [-0.4, -0.2) is 73.3 Å². The minimum absolute atomic E-state index is 0.0261. The molecule has 2 amide bonds. The van der Waals surface area contributed by atoms with Crippen molar-refractivity contribution in [2.45, 2.75) is 65.2 Å². The zero-order valence-corrected chi connectivity index (χ0v) is 27.7. The molecule has 0 bridgehead atoms. The second-order valence-electron chi connectivity index (χ2n) is 13.4. The van der Waals surface area contributed by atoms with Crippen LogP contribution in [0.25, 0.3) is 0 Å². The Hall–Kier alpha value is -4.01. The molecule has 9 heteroatoms. The molecule has 2 aromatic carbocycles. The van der Waals surface area contributed by atoms with Gasteiger partial charge in [0.25, 0.3) is 0 Å². The van der Waals surface area contributed by atoms with Gasteiger partial charge in [-0.25, -0.2) is 4.98 Å². The van der Waals surface area contributed by atoms with Gasteiger partial charge in [-0.15, -0.1) is 0 Å². The summed E-state index contributed by atoms with van der Waals surface area (Å²) in [6, 6.07) is 19.6. The Balaban J connectivity index is 1.40. The van der Waals surface area contributed by atoms with Crippen molar-refractivity contribution in [3.05, 3.63) is 119 Å². The Kier molecular flexibility index (Phi) is 9.57. The highest BCUT2D eigenvalue weighted by molar-refractivity contribution is 6.30. The van der Waals surface area contributed by atoms with Crippen molar-refractivity contribution in [1.29, 1.82) is 0 Å². The Morgan fingerprint density at radius 3 is 2.54 bits per heavy atom. The molecule has 0 N–H and O–H groups in total. The molecule has 1 unspecified atom stereocenters. The molecule has 1 saturated heterocycles. The lowest BCUT2D eigenvalue weighted by molar-refractivity contribution is -0.149. The first kappa shape index (κ1) is 32.0. The zero-order chi connectivity index (χ0) is 32.3. The number of aromatic nitrogens is 3. The van der Waals surface area contributed by atoms with Crippen molar-refractivity contribution in [2.24, 2.45) is 5.41 Å². The Morgan fingerprint density at radius 2 is 1.78 bits per heavy atom. The van der Waals surface area contributed by atoms with Crippen LogP contribution < -0.4 is 0 Å². The molecular weight excluding hydrogens is 596 g/mol. The van der Waals surface area contributed by atoms with E-state index in [1.165, 1.54) is 11.1 Å². The first-order valence-corrected chi connectivity index (χ1v) is 16.6. The third kappa shape index (κ3) is 7.03. The number of piperazine rings is 1. The summed E-state index contributed by atoms with van der Waals surface area (Å²) in [5.74, 6) is 0.0874. The highest BCUT2D eigenvalue weighted by atomic mass is 35.5. The van der Waals surface area contributed by atoms with Crippen LogP contribution in [0.15, 0.2) is 85.6 Å². The maximum Gasteiger partial charge on any atom is 0.242 e. The number of benzene rings is 2. The second-order valence-corrected chi connectivity index (χ2v) is 13.9. The van der Waals surface area contributed by atoms with Gasteiger partial charge >= 0.3 is 0 Å². The van der Waals surface area contributed by atoms with Gasteiger partial charge in [0.05, 0.1) is 18.1 Å². The fraction of sp³-hybridized carbons (Fsp3) is 0.405. The third-order valence-electron chi connectivity index (χ3n) is 9.15. The highest BCUT2D eigenvalue weighted by Crippen LogP contribution is 2.39. The second kappa shape index (κ2) is 13.8. The number of imidazole rings is 1. The fourth-order valence-corrected chi connectivity index (χ4v) is 7.04. The maximum atomic E-state index is 15.0. The standard InChI is InChI=1S/C37H43ClN6O2/c1-37(2,3)36(46)43-21-22-44(34-31-15-14-30(38)23-29(31)13-12-28-11-7-16-40-33(28)34)32(25-43)35(45)42(24-27-9-5-4-6-10-27)19-8-18-41-20-17-39-26-41/h4-7,9-11,14-17,20,23,26,32,34H,8,12-13,18-19,21-22,24-25H2,1-3H3/t32-,34?/m1/s1. The first-order chi connectivity index (χ1) is 22.2. The molecule has 6 rings (SSSR count). The lowest BCUT2D eigenvalue weighted by Crippen LogP contribution is -2.62. The van der Waals surface area contributed by atoms with Gasteiger partial charge < -0.3 is 14.4 Å². The Morgan fingerprint density at radius 1 is 0.978 bits per heavy atom. The van der Waals surface area contributed by atoms with Crippen LogP contribution in [0.1, 0.15) is 61.2 Å². The molecule has 1 fully saturated rings. The number of amides is 2. The molecule has 3 heterocycles. The summed E-state index contributed by atoms with van der Waals surface area (Å²) >= 11 is 6.51. The summed E-state index contributed by atoms with van der Waals surface area (Å²) in [4.78, 5) is 44.0. The van der Waals surface area contributed by atoms with Crippen LogP contribution in [-0.2, 0) is 35.5 Å². The number of pyridine rings is 1. The molecule has 8 nitrogen and oxygen atoms in total. The minimum Gasteiger partial charge on any atom is -0.339 e. The van der Waals surface area contributed by atoms with Gasteiger partial charge in [-0.1, -0.05) is 74.8 Å². The van der Waals surface area contributed by atoms with Crippen LogP contribution in [0.3, 0.4) is 0 Å². The Labute approximate surface area is 277 Å². The fourth-order valence-electron chi connectivity index (χ4n) is 6.85. The number of fused-ring (bicyclic) bond motifs is 2. The lowest BCUT2D eigenvalue weighted by atomic mass is 9.91. The van der Waals surface area contributed by atoms with Crippen molar-refractivity contribution in [1.82, 2.24) is 29.2 Å². The molecule has 240 valence electrons. The number of halogens is 1. The smallest absolute Gasteiger partial charge is 0.242 e. The largest absolute Gasteiger partial charge is 0.339 e. The van der Waals surface area contributed by atoms with E-state index < -0.39 is 11.5 Å².